The minimum atomic E-state index is -0.980. The topological polar surface area (TPSA) is 78.7 Å². The first-order valence-corrected chi connectivity index (χ1v) is 5.83. The van der Waals surface area contributed by atoms with Crippen LogP contribution in [0.4, 0.5) is 10.5 Å². The molecule has 0 bridgehead atoms. The zero-order valence-corrected chi connectivity index (χ0v) is 10.7. The molecular weight excluding hydrogens is 286 g/mol. The summed E-state index contributed by atoms with van der Waals surface area (Å²) in [6, 6.07) is 11.5. The molecule has 0 aromatic heterocycles. The van der Waals surface area contributed by atoms with Crippen LogP contribution in [0.25, 0.3) is 0 Å². The van der Waals surface area contributed by atoms with Gasteiger partial charge in [-0.15, -0.1) is 0 Å². The number of nitro benzene ring substituents is 1. The maximum Gasteiger partial charge on any atom is 0.519 e. The van der Waals surface area contributed by atoms with E-state index in [2.05, 4.69) is 0 Å². The van der Waals surface area contributed by atoms with Crippen molar-refractivity contribution in [1.82, 2.24) is 0 Å². The van der Waals surface area contributed by atoms with Crippen LogP contribution in [0.3, 0.4) is 0 Å². The van der Waals surface area contributed by atoms with Gasteiger partial charge in [-0.1, -0.05) is 23.7 Å². The summed E-state index contributed by atoms with van der Waals surface area (Å²) < 4.78 is 9.77. The van der Waals surface area contributed by atoms with Crippen molar-refractivity contribution in [2.45, 2.75) is 0 Å². The van der Waals surface area contributed by atoms with Gasteiger partial charge in [0, 0.05) is 12.1 Å². The van der Waals surface area contributed by atoms with E-state index in [0.29, 0.717) is 0 Å². The molecule has 0 unspecified atom stereocenters. The highest BCUT2D eigenvalue weighted by Gasteiger charge is 2.11. The van der Waals surface area contributed by atoms with E-state index in [0.717, 1.165) is 0 Å². The van der Waals surface area contributed by atoms with Crippen LogP contribution < -0.4 is 9.47 Å². The van der Waals surface area contributed by atoms with Gasteiger partial charge in [-0.05, 0) is 24.3 Å². The second kappa shape index (κ2) is 6.03. The number of non-ortho nitro benzene ring substituents is 1. The highest BCUT2D eigenvalue weighted by Crippen LogP contribution is 2.24. The van der Waals surface area contributed by atoms with Gasteiger partial charge in [-0.3, -0.25) is 10.1 Å². The van der Waals surface area contributed by atoms with Crippen molar-refractivity contribution in [2.24, 2.45) is 0 Å². The van der Waals surface area contributed by atoms with E-state index >= 15 is 0 Å². The van der Waals surface area contributed by atoms with Gasteiger partial charge in [0.15, 0.2) is 5.75 Å². The summed E-state index contributed by atoms with van der Waals surface area (Å²) >= 11 is 5.82. The van der Waals surface area contributed by atoms with Crippen LogP contribution in [0, 0.1) is 10.1 Å². The lowest BCUT2D eigenvalue weighted by Gasteiger charge is -2.06. The average molecular weight is 294 g/mol. The van der Waals surface area contributed by atoms with Crippen molar-refractivity contribution >= 4 is 23.4 Å². The maximum absolute atomic E-state index is 11.5. The molecule has 0 N–H and O–H groups in total. The fourth-order valence-electron chi connectivity index (χ4n) is 1.37. The second-order valence-electron chi connectivity index (χ2n) is 3.64. The van der Waals surface area contributed by atoms with Gasteiger partial charge < -0.3 is 9.47 Å². The molecule has 102 valence electrons. The summed E-state index contributed by atoms with van der Waals surface area (Å²) in [5.41, 5.74) is -0.100. The molecule has 0 aliphatic carbocycles. The number of hydrogen-bond acceptors (Lipinski definition) is 5. The summed E-state index contributed by atoms with van der Waals surface area (Å²) in [6.45, 7) is 0. The van der Waals surface area contributed by atoms with E-state index in [-0.39, 0.29) is 22.2 Å². The first-order chi connectivity index (χ1) is 9.56. The Bertz CT molecular complexity index is 641. The molecule has 2 rings (SSSR count). The Morgan fingerprint density at radius 1 is 1.05 bits per heavy atom. The number of carbonyl (C=O) groups excluding carboxylic acids is 1. The number of ether oxygens (including phenoxy) is 2. The van der Waals surface area contributed by atoms with Crippen molar-refractivity contribution in [3.63, 3.8) is 0 Å². The lowest BCUT2D eigenvalue weighted by molar-refractivity contribution is -0.384. The number of nitrogens with zero attached hydrogens (tertiary/aromatic N) is 1. The van der Waals surface area contributed by atoms with Gasteiger partial charge >= 0.3 is 6.16 Å². The molecule has 0 aliphatic rings. The molecule has 20 heavy (non-hydrogen) atoms. The maximum atomic E-state index is 11.5. The average Bonchev–Trinajstić information content (AvgIpc) is 2.42. The monoisotopic (exact) mass is 293 g/mol. The van der Waals surface area contributed by atoms with Gasteiger partial charge in [-0.2, -0.15) is 0 Å². The van der Waals surface area contributed by atoms with E-state index in [4.69, 9.17) is 21.1 Å². The summed E-state index contributed by atoms with van der Waals surface area (Å²) in [7, 11) is 0. The standard InChI is InChI=1S/C13H8ClNO5/c14-11-3-1-2-4-12(11)20-13(16)19-10-7-5-9(6-8-10)15(17)18/h1-8H. The van der Waals surface area contributed by atoms with Crippen LogP contribution in [-0.2, 0) is 0 Å². The molecule has 2 aromatic rings. The lowest BCUT2D eigenvalue weighted by atomic mass is 10.3. The number of benzene rings is 2. The smallest absolute Gasteiger partial charge is 0.395 e. The number of halogens is 1. The van der Waals surface area contributed by atoms with Gasteiger partial charge in [0.2, 0.25) is 0 Å². The number of carbonyl (C=O) groups is 1. The molecule has 0 saturated carbocycles. The summed E-state index contributed by atoms with van der Waals surface area (Å²) in [5.74, 6) is 0.300. The first-order valence-electron chi connectivity index (χ1n) is 5.45. The molecule has 0 saturated heterocycles. The Morgan fingerprint density at radius 3 is 2.30 bits per heavy atom. The molecule has 6 nitrogen and oxygen atoms in total. The number of nitro groups is 1. The SMILES string of the molecule is O=C(Oc1ccc([N+](=O)[O-])cc1)Oc1ccccc1Cl. The summed E-state index contributed by atoms with van der Waals surface area (Å²) in [6.07, 6.45) is -0.980. The fraction of sp³-hybridized carbons (Fsp3) is 0. The Labute approximate surface area is 118 Å². The zero-order valence-electron chi connectivity index (χ0n) is 9.99. The molecule has 0 heterocycles. The zero-order chi connectivity index (χ0) is 14.5. The highest BCUT2D eigenvalue weighted by molar-refractivity contribution is 6.32. The molecule has 0 radical (unpaired) electrons. The largest absolute Gasteiger partial charge is 0.519 e. The van der Waals surface area contributed by atoms with Crippen LogP contribution in [0.1, 0.15) is 0 Å². The van der Waals surface area contributed by atoms with Crippen molar-refractivity contribution in [1.29, 1.82) is 0 Å². The van der Waals surface area contributed by atoms with Crippen LogP contribution in [-0.4, -0.2) is 11.1 Å². The molecule has 0 atom stereocenters. The van der Waals surface area contributed by atoms with E-state index in [9.17, 15) is 14.9 Å². The number of para-hydroxylation sites is 1. The molecule has 0 aliphatic heterocycles. The van der Waals surface area contributed by atoms with Gasteiger partial charge in [-0.25, -0.2) is 4.79 Å². The van der Waals surface area contributed by atoms with Gasteiger partial charge in [0.05, 0.1) is 9.95 Å². The van der Waals surface area contributed by atoms with E-state index < -0.39 is 11.1 Å². The predicted molar refractivity (Wildman–Crippen MR) is 71.2 cm³/mol. The van der Waals surface area contributed by atoms with E-state index in [1.807, 2.05) is 0 Å². The van der Waals surface area contributed by atoms with Crippen molar-refractivity contribution in [3.8, 4) is 11.5 Å². The Kier molecular flexibility index (Phi) is 4.17. The number of hydrogen-bond donors (Lipinski definition) is 0. The van der Waals surface area contributed by atoms with E-state index in [1.165, 1.54) is 30.3 Å². The fourth-order valence-corrected chi connectivity index (χ4v) is 1.54. The molecule has 7 heteroatoms. The molecule has 2 aromatic carbocycles. The molecule has 0 fully saturated rings. The third-order valence-corrected chi connectivity index (χ3v) is 2.59. The normalized spacial score (nSPS) is 9.85. The molecule has 0 spiro atoms. The molecule has 0 amide bonds. The van der Waals surface area contributed by atoms with Crippen molar-refractivity contribution in [2.75, 3.05) is 0 Å². The quantitative estimate of drug-likeness (QED) is 0.372. The highest BCUT2D eigenvalue weighted by atomic mass is 35.5. The summed E-state index contributed by atoms with van der Waals surface area (Å²) in [4.78, 5) is 21.4. The minimum Gasteiger partial charge on any atom is -0.395 e. The lowest BCUT2D eigenvalue weighted by Crippen LogP contribution is -2.13. The van der Waals surface area contributed by atoms with Crippen molar-refractivity contribution < 1.29 is 19.2 Å². The molecular formula is C13H8ClNO5. The third kappa shape index (κ3) is 3.46. The van der Waals surface area contributed by atoms with Crippen LogP contribution in [0.2, 0.25) is 5.02 Å². The minimum absolute atomic E-state index is 0.100. The van der Waals surface area contributed by atoms with Crippen LogP contribution in [0.5, 0.6) is 11.5 Å². The van der Waals surface area contributed by atoms with Crippen LogP contribution >= 0.6 is 11.6 Å². The Balaban J connectivity index is 2.01. The second-order valence-corrected chi connectivity index (χ2v) is 4.04. The van der Waals surface area contributed by atoms with Crippen molar-refractivity contribution in [3.05, 3.63) is 63.7 Å². The number of rotatable bonds is 3. The Hall–Kier alpha value is -2.60. The van der Waals surface area contributed by atoms with Crippen LogP contribution in [0.15, 0.2) is 48.5 Å². The van der Waals surface area contributed by atoms with Gasteiger partial charge in [0.25, 0.3) is 5.69 Å². The predicted octanol–water partition coefficient (Wildman–Crippen LogP) is 3.83. The third-order valence-electron chi connectivity index (χ3n) is 2.28. The van der Waals surface area contributed by atoms with Gasteiger partial charge in [0.1, 0.15) is 5.75 Å². The summed E-state index contributed by atoms with van der Waals surface area (Å²) in [5, 5.41) is 10.7. The first kappa shape index (κ1) is 13.8. The van der Waals surface area contributed by atoms with E-state index in [1.54, 1.807) is 18.2 Å². The Morgan fingerprint density at radius 2 is 1.70 bits per heavy atom.